The largest absolute Gasteiger partial charge is 0.330 e. The maximum absolute atomic E-state index is 5.77. The number of hydrogen-bond donors (Lipinski definition) is 1. The lowest BCUT2D eigenvalue weighted by Crippen LogP contribution is -2.18. The maximum Gasteiger partial charge on any atom is 0.150 e. The highest BCUT2D eigenvalue weighted by Crippen LogP contribution is 2.22. The minimum atomic E-state index is 0.189. The van der Waals surface area contributed by atoms with Gasteiger partial charge >= 0.3 is 0 Å². The Kier molecular flexibility index (Phi) is 4.68. The van der Waals surface area contributed by atoms with Crippen LogP contribution >= 0.6 is 0 Å². The van der Waals surface area contributed by atoms with Crippen LogP contribution in [0.25, 0.3) is 0 Å². The lowest BCUT2D eigenvalue weighted by atomic mass is 10.0. The summed E-state index contributed by atoms with van der Waals surface area (Å²) >= 11 is 0. The molecule has 2 rings (SSSR count). The Hall–Kier alpha value is -1.68. The van der Waals surface area contributed by atoms with E-state index in [1.807, 2.05) is 6.07 Å². The Labute approximate surface area is 114 Å². The van der Waals surface area contributed by atoms with Crippen LogP contribution < -0.4 is 5.73 Å². The molecule has 2 N–H and O–H groups in total. The average molecular weight is 258 g/mol. The maximum atomic E-state index is 5.77. The third-order valence-corrected chi connectivity index (χ3v) is 3.30. The number of hydrogen-bond acceptors (Lipinski definition) is 3. The molecule has 0 bridgehead atoms. The van der Waals surface area contributed by atoms with Crippen LogP contribution in [-0.2, 0) is 12.8 Å². The van der Waals surface area contributed by atoms with Gasteiger partial charge in [-0.1, -0.05) is 44.2 Å². The highest BCUT2D eigenvalue weighted by atomic mass is 15.4. The van der Waals surface area contributed by atoms with E-state index >= 15 is 0 Å². The second-order valence-electron chi connectivity index (χ2n) is 4.60. The van der Waals surface area contributed by atoms with Crippen molar-refractivity contribution in [2.24, 2.45) is 5.73 Å². The van der Waals surface area contributed by atoms with Crippen molar-refractivity contribution in [3.05, 3.63) is 47.5 Å². The summed E-state index contributed by atoms with van der Waals surface area (Å²) in [4.78, 5) is 4.59. The molecule has 0 aliphatic heterocycles. The minimum Gasteiger partial charge on any atom is -0.330 e. The molecular weight excluding hydrogens is 236 g/mol. The van der Waals surface area contributed by atoms with Crippen LogP contribution in [0.15, 0.2) is 30.3 Å². The summed E-state index contributed by atoms with van der Waals surface area (Å²) in [7, 11) is 0. The highest BCUT2D eigenvalue weighted by Gasteiger charge is 2.18. The van der Waals surface area contributed by atoms with Crippen LogP contribution in [0.2, 0.25) is 0 Å². The van der Waals surface area contributed by atoms with Crippen molar-refractivity contribution in [1.82, 2.24) is 14.8 Å². The van der Waals surface area contributed by atoms with Crippen LogP contribution in [0.5, 0.6) is 0 Å². The van der Waals surface area contributed by atoms with E-state index in [-0.39, 0.29) is 6.04 Å². The molecule has 0 fully saturated rings. The van der Waals surface area contributed by atoms with Gasteiger partial charge in [0.2, 0.25) is 0 Å². The van der Waals surface area contributed by atoms with Gasteiger partial charge in [-0.2, -0.15) is 5.10 Å². The Bertz CT molecular complexity index is 504. The summed E-state index contributed by atoms with van der Waals surface area (Å²) in [5.74, 6) is 1.95. The zero-order chi connectivity index (χ0) is 13.7. The first-order valence-corrected chi connectivity index (χ1v) is 6.99. The van der Waals surface area contributed by atoms with Crippen LogP contribution in [0.4, 0.5) is 0 Å². The molecule has 102 valence electrons. The van der Waals surface area contributed by atoms with Gasteiger partial charge in [0.05, 0.1) is 6.04 Å². The van der Waals surface area contributed by atoms with Crippen molar-refractivity contribution >= 4 is 0 Å². The van der Waals surface area contributed by atoms with Crippen molar-refractivity contribution in [3.8, 4) is 0 Å². The fourth-order valence-corrected chi connectivity index (χ4v) is 2.31. The van der Waals surface area contributed by atoms with Crippen LogP contribution in [-0.4, -0.2) is 21.3 Å². The van der Waals surface area contributed by atoms with E-state index in [1.165, 1.54) is 5.56 Å². The summed E-state index contributed by atoms with van der Waals surface area (Å²) in [6.45, 7) is 4.84. The average Bonchev–Trinajstić information content (AvgIpc) is 2.88. The third-order valence-electron chi connectivity index (χ3n) is 3.30. The van der Waals surface area contributed by atoms with Gasteiger partial charge < -0.3 is 5.73 Å². The molecule has 19 heavy (non-hydrogen) atoms. The van der Waals surface area contributed by atoms with Gasteiger partial charge in [0.25, 0.3) is 0 Å². The monoisotopic (exact) mass is 258 g/mol. The first-order chi connectivity index (χ1) is 9.30. The number of rotatable bonds is 6. The predicted octanol–water partition coefficient (Wildman–Crippen LogP) is 2.34. The van der Waals surface area contributed by atoms with Gasteiger partial charge in [0.15, 0.2) is 5.82 Å². The van der Waals surface area contributed by atoms with E-state index in [0.29, 0.717) is 6.54 Å². The van der Waals surface area contributed by atoms with E-state index in [0.717, 1.165) is 30.9 Å². The Morgan fingerprint density at radius 1 is 1.16 bits per heavy atom. The second-order valence-corrected chi connectivity index (χ2v) is 4.60. The summed E-state index contributed by atoms with van der Waals surface area (Å²) in [5, 5.41) is 4.64. The predicted molar refractivity (Wildman–Crippen MR) is 77.0 cm³/mol. The van der Waals surface area contributed by atoms with Crippen LogP contribution in [0, 0.1) is 0 Å². The van der Waals surface area contributed by atoms with Gasteiger partial charge in [-0.15, -0.1) is 0 Å². The highest BCUT2D eigenvalue weighted by molar-refractivity contribution is 5.20. The molecule has 0 spiro atoms. The SMILES string of the molecule is CCc1nc(CC)n(C(CCN)c2ccccc2)n1. The quantitative estimate of drug-likeness (QED) is 0.865. The van der Waals surface area contributed by atoms with Crippen molar-refractivity contribution in [2.75, 3.05) is 6.54 Å². The number of nitrogens with two attached hydrogens (primary N) is 1. The summed E-state index contributed by atoms with van der Waals surface area (Å²) in [6.07, 6.45) is 2.63. The summed E-state index contributed by atoms with van der Waals surface area (Å²) in [5.41, 5.74) is 7.02. The molecule has 0 aliphatic carbocycles. The standard InChI is InChI=1S/C15H22N4/c1-3-14-17-15(4-2)19(18-14)13(10-11-16)12-8-6-5-7-9-12/h5-9,13H,3-4,10-11,16H2,1-2H3. The van der Waals surface area contributed by atoms with Crippen LogP contribution in [0.1, 0.15) is 43.5 Å². The van der Waals surface area contributed by atoms with Crippen molar-refractivity contribution in [1.29, 1.82) is 0 Å². The van der Waals surface area contributed by atoms with Gasteiger partial charge in [0, 0.05) is 12.8 Å². The number of aromatic nitrogens is 3. The molecule has 1 unspecified atom stereocenters. The zero-order valence-corrected chi connectivity index (χ0v) is 11.7. The summed E-state index contributed by atoms with van der Waals surface area (Å²) < 4.78 is 2.06. The molecule has 0 saturated carbocycles. The Balaban J connectivity index is 2.41. The first-order valence-electron chi connectivity index (χ1n) is 6.99. The molecule has 1 aromatic carbocycles. The van der Waals surface area contributed by atoms with Gasteiger partial charge in [-0.25, -0.2) is 9.67 Å². The third kappa shape index (κ3) is 3.01. The molecule has 2 aromatic rings. The molecular formula is C15H22N4. The minimum absolute atomic E-state index is 0.189. The smallest absolute Gasteiger partial charge is 0.150 e. The van der Waals surface area contributed by atoms with Crippen LogP contribution in [0.3, 0.4) is 0 Å². The Morgan fingerprint density at radius 3 is 2.47 bits per heavy atom. The van der Waals surface area contributed by atoms with Gasteiger partial charge in [-0.05, 0) is 18.5 Å². The van der Waals surface area contributed by atoms with Gasteiger partial charge in [-0.3, -0.25) is 0 Å². The lowest BCUT2D eigenvalue weighted by Gasteiger charge is -2.18. The van der Waals surface area contributed by atoms with E-state index in [9.17, 15) is 0 Å². The number of benzene rings is 1. The zero-order valence-electron chi connectivity index (χ0n) is 11.7. The second kappa shape index (κ2) is 6.48. The fourth-order valence-electron chi connectivity index (χ4n) is 2.31. The van der Waals surface area contributed by atoms with E-state index in [1.54, 1.807) is 0 Å². The van der Waals surface area contributed by atoms with E-state index < -0.39 is 0 Å². The molecule has 0 aliphatic rings. The normalized spacial score (nSPS) is 12.6. The molecule has 1 aromatic heterocycles. The molecule has 0 saturated heterocycles. The van der Waals surface area contributed by atoms with Crippen molar-refractivity contribution in [3.63, 3.8) is 0 Å². The Morgan fingerprint density at radius 2 is 1.89 bits per heavy atom. The van der Waals surface area contributed by atoms with Crippen molar-refractivity contribution < 1.29 is 0 Å². The van der Waals surface area contributed by atoms with Crippen molar-refractivity contribution in [2.45, 2.75) is 39.2 Å². The van der Waals surface area contributed by atoms with Gasteiger partial charge in [0.1, 0.15) is 5.82 Å². The first kappa shape index (κ1) is 13.7. The molecule has 0 amide bonds. The van der Waals surface area contributed by atoms with E-state index in [4.69, 9.17) is 5.73 Å². The lowest BCUT2D eigenvalue weighted by molar-refractivity contribution is 0.473. The molecule has 4 heteroatoms. The summed E-state index contributed by atoms with van der Waals surface area (Å²) in [6, 6.07) is 10.6. The van der Waals surface area contributed by atoms with E-state index in [2.05, 4.69) is 52.9 Å². The molecule has 1 heterocycles. The number of nitrogens with zero attached hydrogens (tertiary/aromatic N) is 3. The molecule has 1 atom stereocenters. The molecule has 0 radical (unpaired) electrons. The fraction of sp³-hybridized carbons (Fsp3) is 0.467. The topological polar surface area (TPSA) is 56.7 Å². The molecule has 4 nitrogen and oxygen atoms in total. The number of aryl methyl sites for hydroxylation is 2.